The average Bonchev–Trinajstić information content (AvgIpc) is 2.63. The van der Waals surface area contributed by atoms with Crippen LogP contribution in [0.5, 0.6) is 0 Å². The first-order valence-corrected chi connectivity index (χ1v) is 9.99. The number of terminal acetylenes is 1. The van der Waals surface area contributed by atoms with E-state index in [9.17, 15) is 18.0 Å². The topological polar surface area (TPSA) is 90.6 Å². The number of aromatic nitrogens is 1. The van der Waals surface area contributed by atoms with Crippen LogP contribution in [-0.2, 0) is 25.6 Å². The number of carbonyl (C=O) groups is 1. The fourth-order valence-corrected chi connectivity index (χ4v) is 2.53. The van der Waals surface area contributed by atoms with E-state index < -0.39 is 15.6 Å². The quantitative estimate of drug-likeness (QED) is 0.128. The van der Waals surface area contributed by atoms with Crippen LogP contribution in [0, 0.1) is 19.3 Å². The number of rotatable bonds is 6. The van der Waals surface area contributed by atoms with Gasteiger partial charge in [-0.1, -0.05) is 0 Å². The van der Waals surface area contributed by atoms with E-state index in [4.69, 9.17) is 23.6 Å². The predicted molar refractivity (Wildman–Crippen MR) is 101 cm³/mol. The number of carbonyl (C=O) groups excluding carboxylic acids is 1. The number of fused-ring (bicyclic) bond motifs is 1. The van der Waals surface area contributed by atoms with Gasteiger partial charge < -0.3 is 4.55 Å². The molecule has 0 aliphatic rings. The van der Waals surface area contributed by atoms with Crippen molar-refractivity contribution in [2.24, 2.45) is 0 Å². The van der Waals surface area contributed by atoms with E-state index >= 15 is 0 Å². The monoisotopic (exact) mass is 450 g/mol. The lowest BCUT2D eigenvalue weighted by atomic mass is 10.1. The van der Waals surface area contributed by atoms with Crippen molar-refractivity contribution in [2.75, 3.05) is 10.9 Å². The molecule has 29 heavy (non-hydrogen) atoms. The van der Waals surface area contributed by atoms with Gasteiger partial charge in [0.2, 0.25) is 18.5 Å². The fourth-order valence-electron chi connectivity index (χ4n) is 2.08. The molecule has 2 rings (SSSR count). The Morgan fingerprint density at radius 3 is 2.45 bits per heavy atom. The van der Waals surface area contributed by atoms with Gasteiger partial charge in [-0.2, -0.15) is 17.7 Å². The minimum atomic E-state index is -6.09. The Labute approximate surface area is 170 Å². The normalized spacial score (nSPS) is 11.3. The maximum Gasteiger partial charge on any atom is 0.485 e. The van der Waals surface area contributed by atoms with Crippen molar-refractivity contribution in [3.05, 3.63) is 36.0 Å². The molecule has 7 nitrogen and oxygen atoms in total. The second-order valence-electron chi connectivity index (χ2n) is 5.32. The summed E-state index contributed by atoms with van der Waals surface area (Å²) in [6.45, 7) is 4.95. The molecular formula is C17H17F3N2O5S2. The summed E-state index contributed by atoms with van der Waals surface area (Å²) in [4.78, 5) is 11.2. The van der Waals surface area contributed by atoms with E-state index in [2.05, 4.69) is 10.5 Å². The lowest BCUT2D eigenvalue weighted by Crippen LogP contribution is -2.37. The zero-order valence-electron chi connectivity index (χ0n) is 15.3. The van der Waals surface area contributed by atoms with Crippen molar-refractivity contribution in [2.45, 2.75) is 25.9 Å². The Morgan fingerprint density at radius 1 is 1.34 bits per heavy atom. The molecule has 0 fully saturated rings. The lowest BCUT2D eigenvalue weighted by Gasteiger charge is -2.14. The maximum absolute atomic E-state index is 11.2. The van der Waals surface area contributed by atoms with Crippen LogP contribution >= 0.6 is 12.2 Å². The van der Waals surface area contributed by atoms with Crippen LogP contribution in [0.2, 0.25) is 0 Å². The first-order chi connectivity index (χ1) is 13.5. The second kappa shape index (κ2) is 10.4. The van der Waals surface area contributed by atoms with Gasteiger partial charge in [0.05, 0.1) is 12.3 Å². The number of hydrogen-bond acceptors (Lipinski definition) is 6. The van der Waals surface area contributed by atoms with Crippen LogP contribution in [-0.4, -0.2) is 31.5 Å². The Bertz CT molecular complexity index is 1000. The van der Waals surface area contributed by atoms with Crippen molar-refractivity contribution >= 4 is 45.3 Å². The molecule has 0 radical (unpaired) electrons. The Hall–Kier alpha value is -2.33. The Kier molecular flexibility index (Phi) is 8.90. The summed E-state index contributed by atoms with van der Waals surface area (Å²) in [7, 11) is -6.09. The van der Waals surface area contributed by atoms with Crippen molar-refractivity contribution in [3.8, 4) is 12.3 Å². The van der Waals surface area contributed by atoms with Crippen molar-refractivity contribution < 1.29 is 39.7 Å². The number of halogens is 3. The van der Waals surface area contributed by atoms with Gasteiger partial charge in [0.15, 0.2) is 15.8 Å². The average molecular weight is 450 g/mol. The summed E-state index contributed by atoms with van der Waals surface area (Å²) < 4.78 is 67.6. The molecule has 1 aromatic carbocycles. The number of pyridine rings is 1. The molecule has 1 amide bonds. The number of amides is 1. The molecule has 2 aromatic rings. The van der Waals surface area contributed by atoms with Gasteiger partial charge in [0, 0.05) is 24.4 Å². The van der Waals surface area contributed by atoms with Gasteiger partial charge in [-0.25, -0.2) is 12.7 Å². The number of aryl methyl sites for hydroxylation is 1. The molecule has 0 N–H and O–H groups in total. The van der Waals surface area contributed by atoms with Gasteiger partial charge in [0.25, 0.3) is 0 Å². The van der Waals surface area contributed by atoms with Gasteiger partial charge >= 0.3 is 5.51 Å². The first-order valence-electron chi connectivity index (χ1n) is 7.89. The minimum Gasteiger partial charge on any atom is -0.741 e. The SMILES string of the molecule is C#CC[n+]1c(C)ccc2cc(N(C=O)SOCC)ccc21.O=S(=O)([O-])C(F)(F)F. The largest absolute Gasteiger partial charge is 0.741 e. The first kappa shape index (κ1) is 24.7. The summed E-state index contributed by atoms with van der Waals surface area (Å²) in [5, 5.41) is 1.03. The van der Waals surface area contributed by atoms with E-state index in [-0.39, 0.29) is 0 Å². The van der Waals surface area contributed by atoms with Gasteiger partial charge in [-0.15, -0.1) is 6.42 Å². The van der Waals surface area contributed by atoms with Gasteiger partial charge in [-0.05, 0) is 31.0 Å². The Balaban J connectivity index is 0.000000447. The molecule has 1 aromatic heterocycles. The van der Waals surface area contributed by atoms with Crippen LogP contribution in [0.4, 0.5) is 18.9 Å². The van der Waals surface area contributed by atoms with Crippen molar-refractivity contribution in [1.82, 2.24) is 0 Å². The molecule has 12 heteroatoms. The minimum absolute atomic E-state index is 0.521. The van der Waals surface area contributed by atoms with E-state index in [0.717, 1.165) is 40.9 Å². The van der Waals surface area contributed by atoms with Crippen LogP contribution < -0.4 is 8.87 Å². The van der Waals surface area contributed by atoms with E-state index in [0.29, 0.717) is 13.2 Å². The zero-order chi connectivity index (χ0) is 22.2. The molecule has 1 heterocycles. The summed E-state index contributed by atoms with van der Waals surface area (Å²) >= 11 is 1.03. The zero-order valence-corrected chi connectivity index (χ0v) is 17.0. The highest BCUT2D eigenvalue weighted by atomic mass is 32.2. The maximum atomic E-state index is 11.2. The number of alkyl halides is 3. The molecule has 0 aliphatic carbocycles. The highest BCUT2D eigenvalue weighted by Crippen LogP contribution is 2.25. The molecule has 0 atom stereocenters. The third kappa shape index (κ3) is 6.90. The highest BCUT2D eigenvalue weighted by molar-refractivity contribution is 7.96. The van der Waals surface area contributed by atoms with Crippen LogP contribution in [0.3, 0.4) is 0 Å². The summed E-state index contributed by atoms with van der Waals surface area (Å²) in [5.41, 5.74) is -2.73. The van der Waals surface area contributed by atoms with E-state index in [1.165, 1.54) is 4.31 Å². The van der Waals surface area contributed by atoms with Gasteiger partial charge in [0.1, 0.15) is 12.2 Å². The summed E-state index contributed by atoms with van der Waals surface area (Å²) in [6.07, 6.45) is 6.17. The molecule has 0 saturated carbocycles. The lowest BCUT2D eigenvalue weighted by molar-refractivity contribution is -0.664. The summed E-state index contributed by atoms with van der Waals surface area (Å²) in [5.74, 6) is 2.67. The fraction of sp³-hybridized carbons (Fsp3) is 0.294. The molecule has 0 bridgehead atoms. The second-order valence-corrected chi connectivity index (χ2v) is 7.47. The molecule has 158 valence electrons. The van der Waals surface area contributed by atoms with E-state index in [1.54, 1.807) is 0 Å². The molecule has 0 spiro atoms. The molecule has 0 saturated heterocycles. The number of benzene rings is 1. The highest BCUT2D eigenvalue weighted by Gasteiger charge is 2.36. The van der Waals surface area contributed by atoms with Crippen LogP contribution in [0.25, 0.3) is 10.9 Å². The number of anilines is 1. The third-order valence-corrected chi connectivity index (χ3v) is 4.73. The van der Waals surface area contributed by atoms with Crippen molar-refractivity contribution in [3.63, 3.8) is 0 Å². The smallest absolute Gasteiger partial charge is 0.485 e. The Morgan fingerprint density at radius 2 is 1.97 bits per heavy atom. The van der Waals surface area contributed by atoms with Crippen molar-refractivity contribution in [1.29, 1.82) is 0 Å². The van der Waals surface area contributed by atoms with Crippen LogP contribution in [0.1, 0.15) is 12.6 Å². The molecule has 0 unspecified atom stereocenters. The van der Waals surface area contributed by atoms with E-state index in [1.807, 2.05) is 44.2 Å². The number of nitrogens with zero attached hydrogens (tertiary/aromatic N) is 2. The van der Waals surface area contributed by atoms with Gasteiger partial charge in [-0.3, -0.25) is 8.98 Å². The standard InChI is InChI=1S/C16H17N2O2S.CHF3O3S/c1-4-10-17-13(3)6-7-14-11-15(8-9-16(14)17)18(12-19)21-20-5-2;2-1(3,4)8(5,6)7/h1,6-9,11-12H,5,10H2,2-3H3;(H,5,6,7)/q+1;/p-1. The molecule has 0 aliphatic heterocycles. The van der Waals surface area contributed by atoms with Crippen LogP contribution in [0.15, 0.2) is 30.3 Å². The number of hydrogen-bond donors (Lipinski definition) is 0. The molecular weight excluding hydrogens is 433 g/mol. The summed E-state index contributed by atoms with van der Waals surface area (Å²) in [6, 6.07) is 9.84. The predicted octanol–water partition coefficient (Wildman–Crippen LogP) is 2.68. The third-order valence-electron chi connectivity index (χ3n) is 3.37.